The Morgan fingerprint density at radius 1 is 0.963 bits per heavy atom. The summed E-state index contributed by atoms with van der Waals surface area (Å²) in [5.74, 6) is 1.29. The molecule has 1 aliphatic heterocycles. The molecule has 1 atom stereocenters. The smallest absolute Gasteiger partial charge is 0.220 e. The van der Waals surface area contributed by atoms with E-state index in [9.17, 15) is 9.59 Å². The Bertz CT molecular complexity index is 801. The molecule has 0 saturated heterocycles. The van der Waals surface area contributed by atoms with Crippen molar-refractivity contribution in [3.63, 3.8) is 0 Å². The first-order valence-electron chi connectivity index (χ1n) is 9.32. The van der Waals surface area contributed by atoms with E-state index in [-0.39, 0.29) is 36.5 Å². The van der Waals surface area contributed by atoms with Gasteiger partial charge in [-0.3, -0.25) is 9.59 Å². The molecule has 0 saturated carbocycles. The Labute approximate surface area is 159 Å². The van der Waals surface area contributed by atoms with E-state index in [0.717, 1.165) is 5.56 Å². The van der Waals surface area contributed by atoms with E-state index in [4.69, 9.17) is 9.47 Å². The molecule has 1 heterocycles. The number of benzene rings is 2. The van der Waals surface area contributed by atoms with Gasteiger partial charge in [0.05, 0.1) is 6.04 Å². The zero-order chi connectivity index (χ0) is 19.2. The number of carbonyl (C=O) groups is 2. The standard InChI is InChI=1S/C22H25NO4/c1-15(2)22(16-6-4-3-5-7-16)23-21(25)11-9-18(24)17-8-10-19-20(14-17)27-13-12-26-19/h3-8,10,14-15,22H,9,11-13H2,1-2H3,(H,23,25). The van der Waals surface area contributed by atoms with Gasteiger partial charge in [0.2, 0.25) is 5.91 Å². The van der Waals surface area contributed by atoms with Crippen LogP contribution in [0.25, 0.3) is 0 Å². The number of amides is 1. The van der Waals surface area contributed by atoms with Crippen LogP contribution >= 0.6 is 0 Å². The molecular formula is C22H25NO4. The van der Waals surface area contributed by atoms with Gasteiger partial charge in [-0.1, -0.05) is 44.2 Å². The predicted molar refractivity (Wildman–Crippen MR) is 103 cm³/mol. The van der Waals surface area contributed by atoms with Crippen LogP contribution in [0.3, 0.4) is 0 Å². The maximum atomic E-state index is 12.4. The lowest BCUT2D eigenvalue weighted by molar-refractivity contribution is -0.122. The monoisotopic (exact) mass is 367 g/mol. The summed E-state index contributed by atoms with van der Waals surface area (Å²) >= 11 is 0. The van der Waals surface area contributed by atoms with Gasteiger partial charge in [-0.25, -0.2) is 0 Å². The van der Waals surface area contributed by atoms with Gasteiger partial charge in [-0.2, -0.15) is 0 Å². The highest BCUT2D eigenvalue weighted by atomic mass is 16.6. The molecule has 142 valence electrons. The first kappa shape index (κ1) is 19.0. The Kier molecular flexibility index (Phi) is 6.12. The normalized spacial score (nSPS) is 13.9. The summed E-state index contributed by atoms with van der Waals surface area (Å²) in [4.78, 5) is 24.8. The molecule has 27 heavy (non-hydrogen) atoms. The fourth-order valence-corrected chi connectivity index (χ4v) is 3.13. The molecule has 2 aromatic rings. The average molecular weight is 367 g/mol. The van der Waals surface area contributed by atoms with Crippen LogP contribution in [0.2, 0.25) is 0 Å². The van der Waals surface area contributed by atoms with Crippen LogP contribution in [0.4, 0.5) is 0 Å². The molecule has 0 aromatic heterocycles. The molecular weight excluding hydrogens is 342 g/mol. The number of hydrogen-bond donors (Lipinski definition) is 1. The van der Waals surface area contributed by atoms with Gasteiger partial charge in [0, 0.05) is 18.4 Å². The number of fused-ring (bicyclic) bond motifs is 1. The summed E-state index contributed by atoms with van der Waals surface area (Å²) < 4.78 is 11.0. The second-order valence-corrected chi connectivity index (χ2v) is 6.98. The van der Waals surface area contributed by atoms with Crippen molar-refractivity contribution in [1.29, 1.82) is 0 Å². The molecule has 5 heteroatoms. The second kappa shape index (κ2) is 8.71. The summed E-state index contributed by atoms with van der Waals surface area (Å²) in [6, 6.07) is 15.0. The van der Waals surface area contributed by atoms with Gasteiger partial charge in [0.15, 0.2) is 17.3 Å². The zero-order valence-corrected chi connectivity index (χ0v) is 15.7. The van der Waals surface area contributed by atoms with Crippen molar-refractivity contribution in [2.45, 2.75) is 32.7 Å². The van der Waals surface area contributed by atoms with Gasteiger partial charge >= 0.3 is 0 Å². The van der Waals surface area contributed by atoms with Crippen molar-refractivity contribution in [2.75, 3.05) is 13.2 Å². The van der Waals surface area contributed by atoms with Crippen LogP contribution in [0, 0.1) is 5.92 Å². The summed E-state index contributed by atoms with van der Waals surface area (Å²) in [6.45, 7) is 5.12. The van der Waals surface area contributed by atoms with Gasteiger partial charge in [0.25, 0.3) is 0 Å². The maximum absolute atomic E-state index is 12.4. The highest BCUT2D eigenvalue weighted by molar-refractivity contribution is 5.98. The lowest BCUT2D eigenvalue weighted by Gasteiger charge is -2.23. The second-order valence-electron chi connectivity index (χ2n) is 6.98. The van der Waals surface area contributed by atoms with E-state index in [1.807, 2.05) is 30.3 Å². The summed E-state index contributed by atoms with van der Waals surface area (Å²) in [6.07, 6.45) is 0.314. The summed E-state index contributed by atoms with van der Waals surface area (Å²) in [5, 5.41) is 3.05. The lowest BCUT2D eigenvalue weighted by Crippen LogP contribution is -2.31. The van der Waals surface area contributed by atoms with E-state index in [1.165, 1.54) is 0 Å². The van der Waals surface area contributed by atoms with Gasteiger partial charge in [0.1, 0.15) is 13.2 Å². The lowest BCUT2D eigenvalue weighted by atomic mass is 9.95. The fraction of sp³-hybridized carbons (Fsp3) is 0.364. The third-order valence-electron chi connectivity index (χ3n) is 4.59. The number of nitrogens with one attached hydrogen (secondary N) is 1. The minimum absolute atomic E-state index is 0.0666. The molecule has 1 amide bonds. The predicted octanol–water partition coefficient (Wildman–Crippen LogP) is 3.93. The zero-order valence-electron chi connectivity index (χ0n) is 15.7. The van der Waals surface area contributed by atoms with Crippen LogP contribution in [0.15, 0.2) is 48.5 Å². The first-order valence-corrected chi connectivity index (χ1v) is 9.32. The minimum atomic E-state index is -0.122. The molecule has 1 aliphatic rings. The van der Waals surface area contributed by atoms with Crippen molar-refractivity contribution in [3.05, 3.63) is 59.7 Å². The molecule has 0 bridgehead atoms. The highest BCUT2D eigenvalue weighted by Gasteiger charge is 2.19. The summed E-state index contributed by atoms with van der Waals surface area (Å²) in [7, 11) is 0. The summed E-state index contributed by atoms with van der Waals surface area (Å²) in [5.41, 5.74) is 1.61. The Morgan fingerprint density at radius 2 is 1.67 bits per heavy atom. The maximum Gasteiger partial charge on any atom is 0.220 e. The number of ether oxygens (including phenoxy) is 2. The molecule has 0 radical (unpaired) electrons. The van der Waals surface area contributed by atoms with Crippen LogP contribution in [0.1, 0.15) is 48.7 Å². The van der Waals surface area contributed by atoms with E-state index in [0.29, 0.717) is 30.3 Å². The number of hydrogen-bond acceptors (Lipinski definition) is 4. The fourth-order valence-electron chi connectivity index (χ4n) is 3.13. The molecule has 0 aliphatic carbocycles. The van der Waals surface area contributed by atoms with Crippen molar-refractivity contribution >= 4 is 11.7 Å². The number of rotatable bonds is 7. The van der Waals surface area contributed by atoms with Gasteiger partial charge < -0.3 is 14.8 Å². The van der Waals surface area contributed by atoms with Gasteiger partial charge in [-0.05, 0) is 29.7 Å². The van der Waals surface area contributed by atoms with Crippen molar-refractivity contribution < 1.29 is 19.1 Å². The third kappa shape index (κ3) is 4.88. The molecule has 0 spiro atoms. The molecule has 1 N–H and O–H groups in total. The molecule has 1 unspecified atom stereocenters. The third-order valence-corrected chi connectivity index (χ3v) is 4.59. The average Bonchev–Trinajstić information content (AvgIpc) is 2.70. The van der Waals surface area contributed by atoms with Crippen molar-refractivity contribution in [3.8, 4) is 11.5 Å². The van der Waals surface area contributed by atoms with Crippen LogP contribution in [-0.4, -0.2) is 24.9 Å². The van der Waals surface area contributed by atoms with E-state index in [2.05, 4.69) is 19.2 Å². The van der Waals surface area contributed by atoms with Crippen LogP contribution in [-0.2, 0) is 4.79 Å². The Balaban J connectivity index is 1.57. The largest absolute Gasteiger partial charge is 0.486 e. The van der Waals surface area contributed by atoms with Crippen molar-refractivity contribution in [1.82, 2.24) is 5.32 Å². The van der Waals surface area contributed by atoms with E-state index in [1.54, 1.807) is 18.2 Å². The molecule has 0 fully saturated rings. The van der Waals surface area contributed by atoms with Gasteiger partial charge in [-0.15, -0.1) is 0 Å². The molecule has 2 aromatic carbocycles. The first-order chi connectivity index (χ1) is 13.0. The van der Waals surface area contributed by atoms with Crippen molar-refractivity contribution in [2.24, 2.45) is 5.92 Å². The molecule has 5 nitrogen and oxygen atoms in total. The van der Waals surface area contributed by atoms with Crippen LogP contribution in [0.5, 0.6) is 11.5 Å². The van der Waals surface area contributed by atoms with E-state index < -0.39 is 0 Å². The van der Waals surface area contributed by atoms with E-state index >= 15 is 0 Å². The SMILES string of the molecule is CC(C)C(NC(=O)CCC(=O)c1ccc2c(c1)OCCO2)c1ccccc1. The Hall–Kier alpha value is -2.82. The minimum Gasteiger partial charge on any atom is -0.486 e. The highest BCUT2D eigenvalue weighted by Crippen LogP contribution is 2.31. The number of Topliss-reactive ketones (excluding diaryl/α,β-unsaturated/α-hetero) is 1. The molecule has 3 rings (SSSR count). The topological polar surface area (TPSA) is 64.6 Å². The quantitative estimate of drug-likeness (QED) is 0.753. The Morgan fingerprint density at radius 3 is 2.37 bits per heavy atom. The number of carbonyl (C=O) groups excluding carboxylic acids is 2. The number of ketones is 1. The van der Waals surface area contributed by atoms with Crippen LogP contribution < -0.4 is 14.8 Å².